The smallest absolute Gasteiger partial charge is 0.287 e. The van der Waals surface area contributed by atoms with Crippen molar-refractivity contribution in [3.63, 3.8) is 0 Å². The van der Waals surface area contributed by atoms with Gasteiger partial charge in [-0.25, -0.2) is 0 Å². The van der Waals surface area contributed by atoms with Crippen molar-refractivity contribution < 1.29 is 14.0 Å². The summed E-state index contributed by atoms with van der Waals surface area (Å²) < 4.78 is 5.46. The molecule has 4 rings (SSSR count). The summed E-state index contributed by atoms with van der Waals surface area (Å²) in [5.41, 5.74) is 2.29. The summed E-state index contributed by atoms with van der Waals surface area (Å²) in [7, 11) is 0. The minimum atomic E-state index is -0.0943. The van der Waals surface area contributed by atoms with Crippen LogP contribution in [0.3, 0.4) is 0 Å². The molecule has 2 aliphatic carbocycles. The van der Waals surface area contributed by atoms with Crippen LogP contribution in [-0.2, 0) is 17.6 Å². The fraction of sp³-hybridized carbons (Fsp3) is 0.700. The third-order valence-corrected chi connectivity index (χ3v) is 6.16. The van der Waals surface area contributed by atoms with Gasteiger partial charge in [0, 0.05) is 50.7 Å². The first-order valence-corrected chi connectivity index (χ1v) is 10.1. The molecule has 2 fully saturated rings. The first-order chi connectivity index (χ1) is 12.7. The third kappa shape index (κ3) is 3.65. The maximum Gasteiger partial charge on any atom is 0.287 e. The number of nitrogens with one attached hydrogen (secondary N) is 1. The molecule has 3 aliphatic rings. The Labute approximate surface area is 154 Å². The van der Waals surface area contributed by atoms with E-state index in [0.29, 0.717) is 18.2 Å². The molecular formula is C20H29N3O3. The number of furan rings is 1. The Balaban J connectivity index is 1.18. The minimum Gasteiger partial charge on any atom is -0.459 e. The van der Waals surface area contributed by atoms with Crippen LogP contribution in [0, 0.1) is 5.92 Å². The Morgan fingerprint density at radius 3 is 2.62 bits per heavy atom. The minimum absolute atomic E-state index is 0.0943. The van der Waals surface area contributed by atoms with E-state index in [1.54, 1.807) is 6.26 Å². The van der Waals surface area contributed by atoms with E-state index < -0.39 is 0 Å². The highest BCUT2D eigenvalue weighted by molar-refractivity contribution is 5.93. The van der Waals surface area contributed by atoms with E-state index in [2.05, 4.69) is 10.2 Å². The predicted octanol–water partition coefficient (Wildman–Crippen LogP) is 1.83. The number of fused-ring (bicyclic) bond motifs is 1. The van der Waals surface area contributed by atoms with Gasteiger partial charge in [-0.1, -0.05) is 12.8 Å². The molecule has 0 atom stereocenters. The van der Waals surface area contributed by atoms with Gasteiger partial charge in [0.25, 0.3) is 5.91 Å². The number of nitrogens with zero attached hydrogens (tertiary/aromatic N) is 2. The molecule has 0 aromatic carbocycles. The van der Waals surface area contributed by atoms with Crippen LogP contribution in [0.5, 0.6) is 0 Å². The van der Waals surface area contributed by atoms with Gasteiger partial charge in [0.2, 0.25) is 5.91 Å². The normalized spacial score (nSPS) is 21.2. The summed E-state index contributed by atoms with van der Waals surface area (Å²) in [6.45, 7) is 4.85. The number of amides is 2. The van der Waals surface area contributed by atoms with E-state index in [1.807, 2.05) is 4.90 Å². The van der Waals surface area contributed by atoms with E-state index in [9.17, 15) is 9.59 Å². The standard InChI is InChI=1S/C20H29N3O3/c24-19(18-17-7-3-6-16(17)14-26-18)21-8-9-22-10-12-23(13-11-22)20(25)15-4-1-2-5-15/h14-15H,1-13H2,(H,21,24). The number of aryl methyl sites for hydroxylation is 1. The van der Waals surface area contributed by atoms with Crippen molar-refractivity contribution in [2.24, 2.45) is 5.92 Å². The van der Waals surface area contributed by atoms with E-state index in [-0.39, 0.29) is 11.8 Å². The summed E-state index contributed by atoms with van der Waals surface area (Å²) in [5.74, 6) is 1.05. The molecule has 26 heavy (non-hydrogen) atoms. The van der Waals surface area contributed by atoms with Crippen molar-refractivity contribution in [3.05, 3.63) is 23.2 Å². The van der Waals surface area contributed by atoms with Gasteiger partial charge in [-0.15, -0.1) is 0 Å². The molecule has 1 aromatic heterocycles. The number of carbonyl (C=O) groups excluding carboxylic acids is 2. The van der Waals surface area contributed by atoms with Crippen molar-refractivity contribution in [1.29, 1.82) is 0 Å². The van der Waals surface area contributed by atoms with Crippen LogP contribution in [-0.4, -0.2) is 60.9 Å². The quantitative estimate of drug-likeness (QED) is 0.871. The highest BCUT2D eigenvalue weighted by atomic mass is 16.3. The fourth-order valence-corrected chi connectivity index (χ4v) is 4.58. The molecule has 0 spiro atoms. The maximum absolute atomic E-state index is 12.5. The zero-order valence-electron chi connectivity index (χ0n) is 15.5. The monoisotopic (exact) mass is 359 g/mol. The molecule has 6 heteroatoms. The Hall–Kier alpha value is -1.82. The van der Waals surface area contributed by atoms with Crippen molar-refractivity contribution in [2.45, 2.75) is 44.9 Å². The second-order valence-corrected chi connectivity index (χ2v) is 7.83. The van der Waals surface area contributed by atoms with Crippen LogP contribution in [0.15, 0.2) is 10.7 Å². The second-order valence-electron chi connectivity index (χ2n) is 7.83. The van der Waals surface area contributed by atoms with Crippen LogP contribution in [0.2, 0.25) is 0 Å². The van der Waals surface area contributed by atoms with Crippen LogP contribution in [0.1, 0.15) is 53.8 Å². The number of carbonyl (C=O) groups is 2. The highest BCUT2D eigenvalue weighted by Crippen LogP contribution is 2.27. The molecule has 2 heterocycles. The second kappa shape index (κ2) is 7.82. The van der Waals surface area contributed by atoms with Crippen LogP contribution < -0.4 is 5.32 Å². The van der Waals surface area contributed by atoms with Crippen molar-refractivity contribution in [3.8, 4) is 0 Å². The van der Waals surface area contributed by atoms with Crippen molar-refractivity contribution in [2.75, 3.05) is 39.3 Å². The zero-order valence-corrected chi connectivity index (χ0v) is 15.5. The lowest BCUT2D eigenvalue weighted by molar-refractivity contribution is -0.137. The molecule has 1 aliphatic heterocycles. The lowest BCUT2D eigenvalue weighted by Crippen LogP contribution is -2.51. The molecular weight excluding hydrogens is 330 g/mol. The first-order valence-electron chi connectivity index (χ1n) is 10.1. The van der Waals surface area contributed by atoms with Crippen LogP contribution >= 0.6 is 0 Å². The highest BCUT2D eigenvalue weighted by Gasteiger charge is 2.29. The van der Waals surface area contributed by atoms with Gasteiger partial charge in [0.1, 0.15) is 0 Å². The van der Waals surface area contributed by atoms with Gasteiger partial charge in [-0.2, -0.15) is 0 Å². The number of rotatable bonds is 5. The van der Waals surface area contributed by atoms with Crippen LogP contribution in [0.25, 0.3) is 0 Å². The van der Waals surface area contributed by atoms with E-state index >= 15 is 0 Å². The van der Waals surface area contributed by atoms with Crippen molar-refractivity contribution >= 4 is 11.8 Å². The molecule has 1 saturated carbocycles. The largest absolute Gasteiger partial charge is 0.459 e. The van der Waals surface area contributed by atoms with Gasteiger partial charge in [-0.3, -0.25) is 14.5 Å². The molecule has 2 amide bonds. The summed E-state index contributed by atoms with van der Waals surface area (Å²) in [4.78, 5) is 29.2. The topological polar surface area (TPSA) is 65.8 Å². The average molecular weight is 359 g/mol. The number of piperazine rings is 1. The Morgan fingerprint density at radius 1 is 1.08 bits per heavy atom. The van der Waals surface area contributed by atoms with Gasteiger partial charge in [-0.05, 0) is 37.7 Å². The molecule has 1 saturated heterocycles. The van der Waals surface area contributed by atoms with Gasteiger partial charge >= 0.3 is 0 Å². The molecule has 0 radical (unpaired) electrons. The van der Waals surface area contributed by atoms with E-state index in [0.717, 1.165) is 70.4 Å². The van der Waals surface area contributed by atoms with Gasteiger partial charge in [0.05, 0.1) is 6.26 Å². The molecule has 6 nitrogen and oxygen atoms in total. The molecule has 1 aromatic rings. The summed E-state index contributed by atoms with van der Waals surface area (Å²) in [5, 5.41) is 2.99. The zero-order chi connectivity index (χ0) is 17.9. The molecule has 0 bridgehead atoms. The van der Waals surface area contributed by atoms with E-state index in [4.69, 9.17) is 4.42 Å². The lowest BCUT2D eigenvalue weighted by atomic mass is 10.1. The Morgan fingerprint density at radius 2 is 1.85 bits per heavy atom. The van der Waals surface area contributed by atoms with Gasteiger partial charge < -0.3 is 14.6 Å². The summed E-state index contributed by atoms with van der Waals surface area (Å²) >= 11 is 0. The SMILES string of the molecule is O=C(NCCN1CCN(C(=O)C2CCCC2)CC1)c1occ2c1CCC2. The molecule has 142 valence electrons. The fourth-order valence-electron chi connectivity index (χ4n) is 4.58. The summed E-state index contributed by atoms with van der Waals surface area (Å²) in [6.07, 6.45) is 9.37. The number of hydrogen-bond donors (Lipinski definition) is 1. The average Bonchev–Trinajstić information content (AvgIpc) is 3.39. The Kier molecular flexibility index (Phi) is 5.29. The first kappa shape index (κ1) is 17.6. The van der Waals surface area contributed by atoms with Crippen molar-refractivity contribution in [1.82, 2.24) is 15.1 Å². The number of hydrogen-bond acceptors (Lipinski definition) is 4. The molecule has 0 unspecified atom stereocenters. The Bertz CT molecular complexity index is 655. The third-order valence-electron chi connectivity index (χ3n) is 6.16. The van der Waals surface area contributed by atoms with Gasteiger partial charge in [0.15, 0.2) is 5.76 Å². The summed E-state index contributed by atoms with van der Waals surface area (Å²) in [6, 6.07) is 0. The maximum atomic E-state index is 12.5. The predicted molar refractivity (Wildman–Crippen MR) is 98.0 cm³/mol. The van der Waals surface area contributed by atoms with Crippen LogP contribution in [0.4, 0.5) is 0 Å². The molecule has 1 N–H and O–H groups in total. The lowest BCUT2D eigenvalue weighted by Gasteiger charge is -2.36. The van der Waals surface area contributed by atoms with E-state index in [1.165, 1.54) is 18.4 Å².